The van der Waals surface area contributed by atoms with Gasteiger partial charge in [0.2, 0.25) is 0 Å². The molecule has 0 amide bonds. The summed E-state index contributed by atoms with van der Waals surface area (Å²) in [5, 5.41) is 0. The molecule has 3 rings (SSSR count). The van der Waals surface area contributed by atoms with Crippen molar-refractivity contribution >= 4 is 0 Å². The number of hydrogen-bond donors (Lipinski definition) is 1. The highest BCUT2D eigenvalue weighted by Gasteiger charge is 2.37. The molecule has 1 aliphatic heterocycles. The summed E-state index contributed by atoms with van der Waals surface area (Å²) < 4.78 is 5.35. The minimum absolute atomic E-state index is 0.518. The van der Waals surface area contributed by atoms with Crippen LogP contribution in [0.5, 0.6) is 0 Å². The van der Waals surface area contributed by atoms with E-state index in [9.17, 15) is 0 Å². The molecule has 3 heteroatoms. The lowest BCUT2D eigenvalue weighted by molar-refractivity contribution is 0.204. The van der Waals surface area contributed by atoms with E-state index in [2.05, 4.69) is 11.0 Å². The van der Waals surface area contributed by atoms with Crippen LogP contribution in [0.1, 0.15) is 30.6 Å². The van der Waals surface area contributed by atoms with Crippen LogP contribution < -0.4 is 5.73 Å². The fraction of sp³-hybridized carbons (Fsp3) is 0.667. The Morgan fingerprint density at radius 1 is 1.47 bits per heavy atom. The van der Waals surface area contributed by atoms with Crippen LogP contribution in [0.2, 0.25) is 0 Å². The summed E-state index contributed by atoms with van der Waals surface area (Å²) in [6.45, 7) is 2.83. The number of nitrogens with zero attached hydrogens (tertiary/aromatic N) is 1. The monoisotopic (exact) mass is 206 g/mol. The lowest BCUT2D eigenvalue weighted by atomic mass is 10.1. The molecule has 2 fully saturated rings. The van der Waals surface area contributed by atoms with E-state index in [0.29, 0.717) is 6.54 Å². The number of rotatable bonds is 3. The van der Waals surface area contributed by atoms with Crippen molar-refractivity contribution in [1.29, 1.82) is 0 Å². The van der Waals surface area contributed by atoms with Gasteiger partial charge in [0, 0.05) is 24.7 Å². The van der Waals surface area contributed by atoms with Crippen molar-refractivity contribution in [3.63, 3.8) is 0 Å². The number of fused-ring (bicyclic) bond motifs is 2. The molecule has 0 radical (unpaired) electrons. The van der Waals surface area contributed by atoms with E-state index in [4.69, 9.17) is 10.2 Å². The van der Waals surface area contributed by atoms with Crippen LogP contribution in [0, 0.1) is 5.92 Å². The summed E-state index contributed by atoms with van der Waals surface area (Å²) in [5.41, 5.74) is 6.92. The third-order valence-electron chi connectivity index (χ3n) is 3.92. The Balaban J connectivity index is 1.70. The lowest BCUT2D eigenvalue weighted by Crippen LogP contribution is -2.31. The first-order valence-electron chi connectivity index (χ1n) is 5.86. The summed E-state index contributed by atoms with van der Waals surface area (Å²) in [4.78, 5) is 2.60. The number of nitrogens with two attached hydrogens (primary N) is 1. The highest BCUT2D eigenvalue weighted by atomic mass is 16.3. The molecule has 2 aliphatic rings. The van der Waals surface area contributed by atoms with Crippen molar-refractivity contribution < 1.29 is 4.42 Å². The molecule has 1 aromatic rings. The molecule has 2 bridgehead atoms. The second-order valence-electron chi connectivity index (χ2n) is 4.84. The third-order valence-corrected chi connectivity index (χ3v) is 3.92. The molecule has 15 heavy (non-hydrogen) atoms. The molecular weight excluding hydrogens is 188 g/mol. The minimum Gasteiger partial charge on any atom is -0.468 e. The zero-order valence-electron chi connectivity index (χ0n) is 8.98. The molecule has 1 saturated carbocycles. The van der Waals surface area contributed by atoms with Gasteiger partial charge in [-0.05, 0) is 31.2 Å². The molecule has 0 aromatic carbocycles. The smallest absolute Gasteiger partial charge is 0.121 e. The minimum atomic E-state index is 0.518. The largest absolute Gasteiger partial charge is 0.468 e. The average molecular weight is 206 g/mol. The summed E-state index contributed by atoms with van der Waals surface area (Å²) in [6.07, 6.45) is 6.00. The number of likely N-dealkylation sites (tertiary alicyclic amines) is 1. The predicted octanol–water partition coefficient (Wildman–Crippen LogP) is 1.72. The van der Waals surface area contributed by atoms with Crippen LogP contribution >= 0.6 is 0 Å². The summed E-state index contributed by atoms with van der Waals surface area (Å²) in [6, 6.07) is 2.89. The highest BCUT2D eigenvalue weighted by Crippen LogP contribution is 2.38. The fourth-order valence-corrected chi connectivity index (χ4v) is 3.13. The third kappa shape index (κ3) is 1.60. The highest BCUT2D eigenvalue weighted by molar-refractivity contribution is 5.17. The van der Waals surface area contributed by atoms with Gasteiger partial charge in [0.05, 0.1) is 12.8 Å². The zero-order chi connectivity index (χ0) is 10.3. The molecule has 1 aliphatic carbocycles. The van der Waals surface area contributed by atoms with Gasteiger partial charge in [-0.3, -0.25) is 4.90 Å². The van der Waals surface area contributed by atoms with Crippen LogP contribution in [-0.4, -0.2) is 17.5 Å². The van der Waals surface area contributed by atoms with Gasteiger partial charge in [0.15, 0.2) is 0 Å². The number of piperidine rings is 1. The molecule has 3 nitrogen and oxygen atoms in total. The van der Waals surface area contributed by atoms with Gasteiger partial charge < -0.3 is 10.2 Å². The van der Waals surface area contributed by atoms with Gasteiger partial charge in [-0.2, -0.15) is 0 Å². The predicted molar refractivity (Wildman–Crippen MR) is 58.1 cm³/mol. The van der Waals surface area contributed by atoms with E-state index >= 15 is 0 Å². The molecule has 2 unspecified atom stereocenters. The molecule has 82 valence electrons. The van der Waals surface area contributed by atoms with E-state index in [-0.39, 0.29) is 0 Å². The Kier molecular flexibility index (Phi) is 2.29. The quantitative estimate of drug-likeness (QED) is 0.819. The summed E-state index contributed by atoms with van der Waals surface area (Å²) in [5.74, 6) is 1.92. The SMILES string of the molecule is NCc1occc1CN1CC2CCC1C2. The van der Waals surface area contributed by atoms with Gasteiger partial charge in [-0.15, -0.1) is 0 Å². The molecule has 2 heterocycles. The normalized spacial score (nSPS) is 30.2. The van der Waals surface area contributed by atoms with Crippen molar-refractivity contribution in [2.45, 2.75) is 38.4 Å². The van der Waals surface area contributed by atoms with Gasteiger partial charge in [-0.25, -0.2) is 0 Å². The molecule has 1 saturated heterocycles. The van der Waals surface area contributed by atoms with Crippen molar-refractivity contribution in [3.05, 3.63) is 23.7 Å². The zero-order valence-corrected chi connectivity index (χ0v) is 8.98. The first-order valence-corrected chi connectivity index (χ1v) is 5.86. The lowest BCUT2D eigenvalue weighted by Gasteiger charge is -2.26. The van der Waals surface area contributed by atoms with Gasteiger partial charge in [0.25, 0.3) is 0 Å². The Labute approximate surface area is 90.2 Å². The van der Waals surface area contributed by atoms with E-state index < -0.39 is 0 Å². The topological polar surface area (TPSA) is 42.4 Å². The number of furan rings is 1. The molecule has 0 spiro atoms. The maximum absolute atomic E-state index is 5.63. The van der Waals surface area contributed by atoms with E-state index in [1.807, 2.05) is 0 Å². The first kappa shape index (κ1) is 9.43. The Hall–Kier alpha value is -0.800. The molecule has 2 N–H and O–H groups in total. The van der Waals surface area contributed by atoms with E-state index in [1.54, 1.807) is 6.26 Å². The molecule has 2 atom stereocenters. The van der Waals surface area contributed by atoms with Crippen LogP contribution in [-0.2, 0) is 13.1 Å². The molecular formula is C12H18N2O. The summed E-state index contributed by atoms with van der Waals surface area (Å²) >= 11 is 0. The van der Waals surface area contributed by atoms with Crippen molar-refractivity contribution in [3.8, 4) is 0 Å². The van der Waals surface area contributed by atoms with Crippen molar-refractivity contribution in [2.24, 2.45) is 11.7 Å². The first-order chi connectivity index (χ1) is 7.36. The van der Waals surface area contributed by atoms with E-state index in [0.717, 1.165) is 24.3 Å². The second-order valence-corrected chi connectivity index (χ2v) is 4.84. The van der Waals surface area contributed by atoms with Gasteiger partial charge >= 0.3 is 0 Å². The fourth-order valence-electron chi connectivity index (χ4n) is 3.13. The van der Waals surface area contributed by atoms with Crippen LogP contribution in [0.25, 0.3) is 0 Å². The maximum Gasteiger partial charge on any atom is 0.121 e. The second kappa shape index (κ2) is 3.65. The molecule has 1 aromatic heterocycles. The van der Waals surface area contributed by atoms with Gasteiger partial charge in [-0.1, -0.05) is 0 Å². The van der Waals surface area contributed by atoms with Gasteiger partial charge in [0.1, 0.15) is 5.76 Å². The average Bonchev–Trinajstić information content (AvgIpc) is 2.92. The van der Waals surface area contributed by atoms with Crippen molar-refractivity contribution in [1.82, 2.24) is 4.90 Å². The number of hydrogen-bond acceptors (Lipinski definition) is 3. The maximum atomic E-state index is 5.63. The van der Waals surface area contributed by atoms with Crippen LogP contribution in [0.3, 0.4) is 0 Å². The Bertz CT molecular complexity index is 347. The summed E-state index contributed by atoms with van der Waals surface area (Å²) in [7, 11) is 0. The van der Waals surface area contributed by atoms with Crippen LogP contribution in [0.15, 0.2) is 16.7 Å². The van der Waals surface area contributed by atoms with Crippen LogP contribution in [0.4, 0.5) is 0 Å². The standard InChI is InChI=1S/C12H18N2O/c13-6-12-10(3-4-15-12)8-14-7-9-1-2-11(14)5-9/h3-4,9,11H,1-2,5-8,13H2. The Morgan fingerprint density at radius 3 is 3.07 bits per heavy atom. The van der Waals surface area contributed by atoms with E-state index in [1.165, 1.54) is 31.4 Å². The van der Waals surface area contributed by atoms with Crippen molar-refractivity contribution in [2.75, 3.05) is 6.54 Å². The Morgan fingerprint density at radius 2 is 2.40 bits per heavy atom.